The largest absolute Gasteiger partial charge is 0.330 e. The van der Waals surface area contributed by atoms with E-state index in [0.29, 0.717) is 18.5 Å². The third kappa shape index (κ3) is 4.06. The summed E-state index contributed by atoms with van der Waals surface area (Å²) in [4.78, 5) is 0. The van der Waals surface area contributed by atoms with Gasteiger partial charge in [0.1, 0.15) is 0 Å². The van der Waals surface area contributed by atoms with Gasteiger partial charge in [-0.25, -0.2) is 8.78 Å². The lowest BCUT2D eigenvalue weighted by Crippen LogP contribution is -2.29. The minimum absolute atomic E-state index is 0.466. The Kier molecular flexibility index (Phi) is 4.98. The summed E-state index contributed by atoms with van der Waals surface area (Å²) >= 11 is 0. The molecule has 11 heavy (non-hydrogen) atoms. The molecule has 66 valence electrons. The van der Waals surface area contributed by atoms with Crippen molar-refractivity contribution in [2.24, 2.45) is 11.5 Å². The van der Waals surface area contributed by atoms with E-state index in [4.69, 9.17) is 11.5 Å². The Morgan fingerprint density at radius 1 is 1.55 bits per heavy atom. The zero-order valence-corrected chi connectivity index (χ0v) is 6.56. The van der Waals surface area contributed by atoms with Crippen LogP contribution in [0.2, 0.25) is 0 Å². The molecule has 0 aromatic heterocycles. The molecule has 4 heteroatoms. The molecule has 0 aliphatic heterocycles. The predicted octanol–water partition coefficient (Wildman–Crippen LogP) is 0.874. The number of nitrogens with two attached hydrogens (primary N) is 2. The standard InChI is InChI=1S/C7H14F2N2/c1-5(3-2-4-10)6(11)7(8)9/h3,6-7H,2,4,10-11H2,1H3/b5-3+. The summed E-state index contributed by atoms with van der Waals surface area (Å²) in [6, 6.07) is -1.14. The second-order valence-electron chi connectivity index (χ2n) is 2.39. The van der Waals surface area contributed by atoms with Crippen molar-refractivity contribution in [3.63, 3.8) is 0 Å². The van der Waals surface area contributed by atoms with E-state index in [9.17, 15) is 8.78 Å². The van der Waals surface area contributed by atoms with Gasteiger partial charge in [-0.2, -0.15) is 0 Å². The fraction of sp³-hybridized carbons (Fsp3) is 0.714. The van der Waals surface area contributed by atoms with Crippen LogP contribution >= 0.6 is 0 Å². The zero-order valence-electron chi connectivity index (χ0n) is 6.56. The molecule has 0 aromatic rings. The number of hydrogen-bond acceptors (Lipinski definition) is 2. The van der Waals surface area contributed by atoms with Crippen LogP contribution in [-0.2, 0) is 0 Å². The molecule has 0 heterocycles. The van der Waals surface area contributed by atoms with Crippen LogP contribution in [0, 0.1) is 0 Å². The predicted molar refractivity (Wildman–Crippen MR) is 41.4 cm³/mol. The van der Waals surface area contributed by atoms with Crippen molar-refractivity contribution in [3.05, 3.63) is 11.6 Å². The maximum atomic E-state index is 11.9. The molecule has 0 rings (SSSR count). The first kappa shape index (κ1) is 10.5. The van der Waals surface area contributed by atoms with E-state index in [1.54, 1.807) is 13.0 Å². The molecule has 2 nitrogen and oxygen atoms in total. The molecule has 0 radical (unpaired) electrons. The molecule has 0 aliphatic rings. The van der Waals surface area contributed by atoms with E-state index in [2.05, 4.69) is 0 Å². The van der Waals surface area contributed by atoms with Crippen LogP contribution in [0.3, 0.4) is 0 Å². The summed E-state index contributed by atoms with van der Waals surface area (Å²) in [5.74, 6) is 0. The van der Waals surface area contributed by atoms with Gasteiger partial charge in [0.05, 0.1) is 6.04 Å². The first-order valence-electron chi connectivity index (χ1n) is 3.50. The Morgan fingerprint density at radius 2 is 2.09 bits per heavy atom. The van der Waals surface area contributed by atoms with Gasteiger partial charge in [-0.15, -0.1) is 0 Å². The third-order valence-electron chi connectivity index (χ3n) is 1.43. The lowest BCUT2D eigenvalue weighted by atomic mass is 10.1. The molecule has 0 saturated heterocycles. The second kappa shape index (κ2) is 5.21. The summed E-state index contributed by atoms with van der Waals surface area (Å²) in [6.45, 7) is 2.06. The summed E-state index contributed by atoms with van der Waals surface area (Å²) in [6.07, 6.45) is -0.229. The average molecular weight is 164 g/mol. The van der Waals surface area contributed by atoms with Gasteiger partial charge < -0.3 is 11.5 Å². The molecule has 1 unspecified atom stereocenters. The van der Waals surface area contributed by atoms with Crippen LogP contribution in [0.1, 0.15) is 13.3 Å². The average Bonchev–Trinajstić information content (AvgIpc) is 1.98. The molecule has 0 fully saturated rings. The molecule has 4 N–H and O–H groups in total. The molecule has 0 aliphatic carbocycles. The fourth-order valence-electron chi connectivity index (χ4n) is 0.646. The van der Waals surface area contributed by atoms with Crippen molar-refractivity contribution in [3.8, 4) is 0 Å². The molecule has 1 atom stereocenters. The number of rotatable bonds is 4. The zero-order chi connectivity index (χ0) is 8.85. The van der Waals surface area contributed by atoms with Crippen LogP contribution in [0.5, 0.6) is 0 Å². The molecule has 0 amide bonds. The Morgan fingerprint density at radius 3 is 2.45 bits per heavy atom. The maximum Gasteiger partial charge on any atom is 0.257 e. The highest BCUT2D eigenvalue weighted by Crippen LogP contribution is 2.08. The van der Waals surface area contributed by atoms with Gasteiger partial charge >= 0.3 is 0 Å². The van der Waals surface area contributed by atoms with Crippen molar-refractivity contribution >= 4 is 0 Å². The summed E-state index contributed by atoms with van der Waals surface area (Å²) in [5.41, 5.74) is 10.8. The van der Waals surface area contributed by atoms with Crippen molar-refractivity contribution in [2.75, 3.05) is 6.54 Å². The summed E-state index contributed by atoms with van der Waals surface area (Å²) < 4.78 is 23.8. The van der Waals surface area contributed by atoms with Gasteiger partial charge in [0, 0.05) is 0 Å². The van der Waals surface area contributed by atoms with Crippen molar-refractivity contribution in [1.82, 2.24) is 0 Å². The molecule has 0 aromatic carbocycles. The molecule has 0 spiro atoms. The molecule has 0 bridgehead atoms. The monoisotopic (exact) mass is 164 g/mol. The topological polar surface area (TPSA) is 52.0 Å². The van der Waals surface area contributed by atoms with E-state index < -0.39 is 12.5 Å². The maximum absolute atomic E-state index is 11.9. The second-order valence-corrected chi connectivity index (χ2v) is 2.39. The van der Waals surface area contributed by atoms with Crippen LogP contribution in [0.25, 0.3) is 0 Å². The van der Waals surface area contributed by atoms with E-state index in [1.807, 2.05) is 0 Å². The van der Waals surface area contributed by atoms with E-state index in [0.717, 1.165) is 0 Å². The molecule has 0 saturated carbocycles. The van der Waals surface area contributed by atoms with E-state index in [1.165, 1.54) is 0 Å². The van der Waals surface area contributed by atoms with Gasteiger partial charge in [-0.3, -0.25) is 0 Å². The number of hydrogen-bond donors (Lipinski definition) is 2. The van der Waals surface area contributed by atoms with Gasteiger partial charge in [0.15, 0.2) is 0 Å². The third-order valence-corrected chi connectivity index (χ3v) is 1.43. The number of halogens is 2. The normalized spacial score (nSPS) is 15.6. The fourth-order valence-corrected chi connectivity index (χ4v) is 0.646. The molecular weight excluding hydrogens is 150 g/mol. The van der Waals surface area contributed by atoms with Gasteiger partial charge in [0.2, 0.25) is 0 Å². The van der Waals surface area contributed by atoms with Crippen LogP contribution in [0.4, 0.5) is 8.78 Å². The Hall–Kier alpha value is -0.480. The summed E-state index contributed by atoms with van der Waals surface area (Å²) in [5, 5.41) is 0. The first-order chi connectivity index (χ1) is 5.09. The SMILES string of the molecule is C/C(=C\CCN)C(N)C(F)F. The van der Waals surface area contributed by atoms with Crippen LogP contribution < -0.4 is 11.5 Å². The van der Waals surface area contributed by atoms with Gasteiger partial charge in [-0.05, 0) is 19.9 Å². The van der Waals surface area contributed by atoms with Crippen LogP contribution in [0.15, 0.2) is 11.6 Å². The molecular formula is C7H14F2N2. The smallest absolute Gasteiger partial charge is 0.257 e. The van der Waals surface area contributed by atoms with Crippen molar-refractivity contribution < 1.29 is 8.78 Å². The van der Waals surface area contributed by atoms with Gasteiger partial charge in [0.25, 0.3) is 6.43 Å². The van der Waals surface area contributed by atoms with Gasteiger partial charge in [-0.1, -0.05) is 11.6 Å². The Labute approximate surface area is 65.3 Å². The van der Waals surface area contributed by atoms with E-state index >= 15 is 0 Å². The van der Waals surface area contributed by atoms with Crippen molar-refractivity contribution in [2.45, 2.75) is 25.8 Å². The quantitative estimate of drug-likeness (QED) is 0.606. The summed E-state index contributed by atoms with van der Waals surface area (Å²) in [7, 11) is 0. The minimum Gasteiger partial charge on any atom is -0.330 e. The highest BCUT2D eigenvalue weighted by atomic mass is 19.3. The highest BCUT2D eigenvalue weighted by molar-refractivity contribution is 5.07. The minimum atomic E-state index is -2.48. The first-order valence-corrected chi connectivity index (χ1v) is 3.50. The number of alkyl halides is 2. The Balaban J connectivity index is 3.89. The highest BCUT2D eigenvalue weighted by Gasteiger charge is 2.15. The lowest BCUT2D eigenvalue weighted by Gasteiger charge is -2.10. The Bertz CT molecular complexity index is 134. The van der Waals surface area contributed by atoms with E-state index in [-0.39, 0.29) is 0 Å². The van der Waals surface area contributed by atoms with Crippen molar-refractivity contribution in [1.29, 1.82) is 0 Å². The van der Waals surface area contributed by atoms with Crippen LogP contribution in [-0.4, -0.2) is 19.0 Å². The lowest BCUT2D eigenvalue weighted by molar-refractivity contribution is 0.129.